The molecule has 0 aromatic rings. The van der Waals surface area contributed by atoms with Crippen molar-refractivity contribution < 1.29 is 42.1 Å². The third-order valence-corrected chi connectivity index (χ3v) is 12.5. The van der Waals surface area contributed by atoms with E-state index >= 15 is 0 Å². The number of rotatable bonds is 6. The number of hydrogen-bond donors (Lipinski definition) is 0. The Balaban J connectivity index is 1.18. The van der Waals surface area contributed by atoms with E-state index in [-0.39, 0.29) is 32.7 Å². The van der Waals surface area contributed by atoms with Crippen molar-refractivity contribution in [1.29, 1.82) is 0 Å². The van der Waals surface area contributed by atoms with E-state index in [0.717, 1.165) is 12.8 Å². The molecule has 7 nitrogen and oxygen atoms in total. The SMILES string of the molecule is CCOC(C)OC1C(=O)OC2C1OC1SC3(SC12)C1CC2CC3CC(OC(=O)C(C)(F)F)(C2)C1. The van der Waals surface area contributed by atoms with Crippen molar-refractivity contribution in [2.45, 2.75) is 104 Å². The summed E-state index contributed by atoms with van der Waals surface area (Å²) >= 11 is 3.64. The van der Waals surface area contributed by atoms with Crippen LogP contribution in [-0.4, -0.2) is 69.4 Å². The second kappa shape index (κ2) is 7.94. The maximum atomic E-state index is 13.6. The van der Waals surface area contributed by atoms with Crippen molar-refractivity contribution in [2.24, 2.45) is 17.8 Å². The number of carbonyl (C=O) groups excluding carboxylic acids is 2. The standard InChI is InChI=1S/C23H30F2O7S2/c1-4-28-10(2)29-16-14-15(30-18(16)26)17-19(31-14)34-23(33-17)12-5-11-6-13(23)9-22(7-11,8-12)32-20(27)21(3,24)25/h10-17,19H,4-9H2,1-3H3. The Labute approximate surface area is 205 Å². The number of hydrogen-bond acceptors (Lipinski definition) is 9. The summed E-state index contributed by atoms with van der Waals surface area (Å²) in [4.78, 5) is 24.6. The van der Waals surface area contributed by atoms with Gasteiger partial charge in [-0.3, -0.25) is 0 Å². The molecule has 3 aliphatic heterocycles. The van der Waals surface area contributed by atoms with Crippen LogP contribution >= 0.6 is 23.5 Å². The average molecular weight is 521 g/mol. The summed E-state index contributed by atoms with van der Waals surface area (Å²) in [7, 11) is 0. The lowest BCUT2D eigenvalue weighted by atomic mass is 9.53. The molecule has 0 aromatic carbocycles. The Morgan fingerprint density at radius 2 is 1.91 bits per heavy atom. The quantitative estimate of drug-likeness (QED) is 0.384. The minimum atomic E-state index is -3.48. The van der Waals surface area contributed by atoms with Crippen LogP contribution in [0.2, 0.25) is 0 Å². The van der Waals surface area contributed by atoms with Gasteiger partial charge in [0.25, 0.3) is 0 Å². The van der Waals surface area contributed by atoms with Gasteiger partial charge in [0, 0.05) is 13.5 Å². The number of thioether (sulfide) groups is 2. The van der Waals surface area contributed by atoms with Gasteiger partial charge in [-0.1, -0.05) is 0 Å². The number of esters is 2. The molecule has 8 unspecified atom stereocenters. The zero-order chi connectivity index (χ0) is 24.0. The Kier molecular flexibility index (Phi) is 5.55. The molecule has 0 amide bonds. The van der Waals surface area contributed by atoms with Crippen LogP contribution in [0.25, 0.3) is 0 Å². The summed E-state index contributed by atoms with van der Waals surface area (Å²) in [6.07, 6.45) is 1.72. The maximum Gasteiger partial charge on any atom is 0.377 e. The molecule has 34 heavy (non-hydrogen) atoms. The first-order valence-electron chi connectivity index (χ1n) is 12.1. The molecule has 1 spiro atoms. The molecule has 8 atom stereocenters. The van der Waals surface area contributed by atoms with Gasteiger partial charge >= 0.3 is 17.9 Å². The fourth-order valence-electron chi connectivity index (χ4n) is 7.27. The maximum absolute atomic E-state index is 13.6. The van der Waals surface area contributed by atoms with E-state index in [4.69, 9.17) is 23.7 Å². The summed E-state index contributed by atoms with van der Waals surface area (Å²) in [5, 5.41) is -0.00838. The van der Waals surface area contributed by atoms with E-state index in [0.29, 0.717) is 38.7 Å². The van der Waals surface area contributed by atoms with Crippen LogP contribution in [-0.2, 0) is 33.3 Å². The molecule has 4 saturated carbocycles. The Morgan fingerprint density at radius 3 is 2.56 bits per heavy atom. The van der Waals surface area contributed by atoms with Crippen LogP contribution in [0.15, 0.2) is 0 Å². The molecular formula is C23H30F2O7S2. The number of fused-ring (bicyclic) bond motifs is 3. The lowest BCUT2D eigenvalue weighted by Crippen LogP contribution is -2.62. The third-order valence-electron chi connectivity index (χ3n) is 8.29. The van der Waals surface area contributed by atoms with Crippen LogP contribution in [0.3, 0.4) is 0 Å². The van der Waals surface area contributed by atoms with Gasteiger partial charge in [-0.25, -0.2) is 9.59 Å². The number of carbonyl (C=O) groups is 2. The van der Waals surface area contributed by atoms with Crippen LogP contribution in [0.4, 0.5) is 8.78 Å². The highest BCUT2D eigenvalue weighted by Crippen LogP contribution is 2.74. The van der Waals surface area contributed by atoms with Crippen molar-refractivity contribution in [3.8, 4) is 0 Å². The fourth-order valence-corrected chi connectivity index (χ4v) is 11.7. The summed E-state index contributed by atoms with van der Waals surface area (Å²) in [5.74, 6) is -4.45. The Bertz CT molecular complexity index is 866. The third kappa shape index (κ3) is 3.55. The van der Waals surface area contributed by atoms with Gasteiger partial charge in [-0.05, 0) is 63.7 Å². The lowest BCUT2D eigenvalue weighted by molar-refractivity contribution is -0.208. The smallest absolute Gasteiger partial charge is 0.377 e. The molecular weight excluding hydrogens is 490 g/mol. The highest BCUT2D eigenvalue weighted by Gasteiger charge is 2.72. The largest absolute Gasteiger partial charge is 0.456 e. The summed E-state index contributed by atoms with van der Waals surface area (Å²) in [6.45, 7) is 4.70. The summed E-state index contributed by atoms with van der Waals surface area (Å²) in [5.41, 5.74) is -0.910. The average Bonchev–Trinajstić information content (AvgIpc) is 3.34. The van der Waals surface area contributed by atoms with Crippen LogP contribution in [0.5, 0.6) is 0 Å². The van der Waals surface area contributed by atoms with Gasteiger partial charge in [0.05, 0.1) is 9.33 Å². The second-order valence-corrected chi connectivity index (χ2v) is 13.8. The molecule has 0 N–H and O–H groups in total. The highest BCUT2D eigenvalue weighted by atomic mass is 32.2. The van der Waals surface area contributed by atoms with E-state index in [1.807, 2.05) is 18.7 Å². The van der Waals surface area contributed by atoms with E-state index in [1.165, 1.54) is 0 Å². The molecule has 7 fully saturated rings. The predicted molar refractivity (Wildman–Crippen MR) is 119 cm³/mol. The molecule has 0 radical (unpaired) electrons. The van der Waals surface area contributed by atoms with Crippen molar-refractivity contribution in [3.05, 3.63) is 0 Å². The first-order valence-corrected chi connectivity index (χ1v) is 13.9. The molecule has 7 rings (SSSR count). The lowest BCUT2D eigenvalue weighted by Gasteiger charge is -2.63. The van der Waals surface area contributed by atoms with Crippen molar-refractivity contribution in [2.75, 3.05) is 6.61 Å². The van der Waals surface area contributed by atoms with Crippen LogP contribution in [0, 0.1) is 17.8 Å². The molecule has 11 heteroatoms. The fraction of sp³-hybridized carbons (Fsp3) is 0.913. The van der Waals surface area contributed by atoms with Crippen molar-refractivity contribution in [3.63, 3.8) is 0 Å². The monoisotopic (exact) mass is 520 g/mol. The highest BCUT2D eigenvalue weighted by molar-refractivity contribution is 8.22. The molecule has 7 aliphatic rings. The molecule has 4 bridgehead atoms. The first-order chi connectivity index (χ1) is 16.0. The first kappa shape index (κ1) is 23.8. The number of ether oxygens (including phenoxy) is 5. The van der Waals surface area contributed by atoms with Crippen LogP contribution in [0.1, 0.15) is 52.9 Å². The zero-order valence-corrected chi connectivity index (χ0v) is 21.0. The van der Waals surface area contributed by atoms with E-state index in [2.05, 4.69) is 0 Å². The van der Waals surface area contributed by atoms with Gasteiger partial charge in [0.1, 0.15) is 23.2 Å². The van der Waals surface area contributed by atoms with Gasteiger partial charge in [-0.15, -0.1) is 23.5 Å². The minimum absolute atomic E-state index is 0.00838. The van der Waals surface area contributed by atoms with Gasteiger partial charge in [0.15, 0.2) is 12.4 Å². The second-order valence-electron chi connectivity index (χ2n) is 10.7. The van der Waals surface area contributed by atoms with Gasteiger partial charge in [0.2, 0.25) is 0 Å². The summed E-state index contributed by atoms with van der Waals surface area (Å²) < 4.78 is 56.0. The summed E-state index contributed by atoms with van der Waals surface area (Å²) in [6, 6.07) is 0. The van der Waals surface area contributed by atoms with Gasteiger partial charge in [-0.2, -0.15) is 8.78 Å². The Morgan fingerprint density at radius 1 is 1.21 bits per heavy atom. The van der Waals surface area contributed by atoms with E-state index < -0.39 is 42.0 Å². The number of halogens is 2. The molecule has 4 aliphatic carbocycles. The molecule has 190 valence electrons. The normalized spacial score (nSPS) is 49.3. The minimum Gasteiger partial charge on any atom is -0.456 e. The predicted octanol–water partition coefficient (Wildman–Crippen LogP) is 3.73. The van der Waals surface area contributed by atoms with Crippen molar-refractivity contribution in [1.82, 2.24) is 0 Å². The van der Waals surface area contributed by atoms with E-state index in [1.54, 1.807) is 18.7 Å². The molecule has 3 heterocycles. The van der Waals surface area contributed by atoms with Crippen LogP contribution < -0.4 is 0 Å². The molecule has 3 saturated heterocycles. The zero-order valence-electron chi connectivity index (χ0n) is 19.4. The molecule has 0 aromatic heterocycles. The number of alkyl halides is 2. The Hall–Kier alpha value is -0.620. The van der Waals surface area contributed by atoms with Crippen molar-refractivity contribution >= 4 is 35.5 Å². The van der Waals surface area contributed by atoms with Gasteiger partial charge < -0.3 is 23.7 Å². The topological polar surface area (TPSA) is 80.3 Å². The van der Waals surface area contributed by atoms with E-state index in [9.17, 15) is 18.4 Å².